The van der Waals surface area contributed by atoms with Gasteiger partial charge in [-0.15, -0.1) is 0 Å². The second kappa shape index (κ2) is 4.84. The number of azide groups is 1. The Morgan fingerprint density at radius 2 is 2.57 bits per heavy atom. The molecule has 0 N–H and O–H groups in total. The van der Waals surface area contributed by atoms with Crippen LogP contribution in [0.1, 0.15) is 17.4 Å². The van der Waals surface area contributed by atoms with Gasteiger partial charge in [0.15, 0.2) is 5.69 Å². The SMILES string of the molecule is CCOC(=O)c1ncccc1N=[N+]=[N-]. The predicted molar refractivity (Wildman–Crippen MR) is 49.0 cm³/mol. The predicted octanol–water partition coefficient (Wildman–Crippen LogP) is 2.20. The van der Waals surface area contributed by atoms with Gasteiger partial charge < -0.3 is 4.74 Å². The molecule has 0 aromatic carbocycles. The van der Waals surface area contributed by atoms with Crippen molar-refractivity contribution in [1.82, 2.24) is 4.98 Å². The summed E-state index contributed by atoms with van der Waals surface area (Å²) >= 11 is 0. The van der Waals surface area contributed by atoms with E-state index < -0.39 is 5.97 Å². The first kappa shape index (κ1) is 10.0. The van der Waals surface area contributed by atoms with Crippen LogP contribution in [0.2, 0.25) is 0 Å². The molecule has 0 amide bonds. The molecule has 0 aliphatic rings. The lowest BCUT2D eigenvalue weighted by molar-refractivity contribution is 0.0520. The number of aromatic nitrogens is 1. The minimum atomic E-state index is -0.587. The molecule has 1 rings (SSSR count). The van der Waals surface area contributed by atoms with Crippen molar-refractivity contribution in [2.45, 2.75) is 6.92 Å². The maximum Gasteiger partial charge on any atom is 0.357 e. The van der Waals surface area contributed by atoms with E-state index in [4.69, 9.17) is 10.3 Å². The maximum atomic E-state index is 11.3. The molecule has 0 aliphatic carbocycles. The van der Waals surface area contributed by atoms with Gasteiger partial charge in [0.25, 0.3) is 0 Å². The van der Waals surface area contributed by atoms with Crippen LogP contribution in [0.4, 0.5) is 5.69 Å². The summed E-state index contributed by atoms with van der Waals surface area (Å²) in [6, 6.07) is 3.08. The molecule has 0 saturated heterocycles. The molecule has 6 heteroatoms. The van der Waals surface area contributed by atoms with E-state index in [0.717, 1.165) is 0 Å². The number of rotatable bonds is 3. The molecule has 0 radical (unpaired) electrons. The molecule has 0 fully saturated rings. The van der Waals surface area contributed by atoms with Crippen molar-refractivity contribution in [2.75, 3.05) is 6.61 Å². The van der Waals surface area contributed by atoms with Gasteiger partial charge in [0.05, 0.1) is 12.3 Å². The van der Waals surface area contributed by atoms with E-state index in [2.05, 4.69) is 15.0 Å². The molecule has 6 nitrogen and oxygen atoms in total. The molecule has 0 spiro atoms. The van der Waals surface area contributed by atoms with Crippen molar-refractivity contribution < 1.29 is 9.53 Å². The Balaban J connectivity index is 3.06. The van der Waals surface area contributed by atoms with Crippen LogP contribution in [0.15, 0.2) is 23.4 Å². The average Bonchev–Trinajstić information content (AvgIpc) is 2.19. The van der Waals surface area contributed by atoms with Crippen molar-refractivity contribution in [3.63, 3.8) is 0 Å². The summed E-state index contributed by atoms with van der Waals surface area (Å²) in [6.45, 7) is 1.94. The Morgan fingerprint density at radius 1 is 1.79 bits per heavy atom. The van der Waals surface area contributed by atoms with E-state index in [1.165, 1.54) is 12.3 Å². The number of carbonyl (C=O) groups is 1. The summed E-state index contributed by atoms with van der Waals surface area (Å²) in [5.41, 5.74) is 8.44. The fourth-order valence-corrected chi connectivity index (χ4v) is 0.882. The molecular formula is C8H8N4O2. The van der Waals surface area contributed by atoms with Gasteiger partial charge in [-0.1, -0.05) is 5.11 Å². The highest BCUT2D eigenvalue weighted by Gasteiger charge is 2.11. The van der Waals surface area contributed by atoms with Crippen molar-refractivity contribution in [3.05, 3.63) is 34.5 Å². The lowest BCUT2D eigenvalue weighted by Crippen LogP contribution is -2.06. The van der Waals surface area contributed by atoms with Gasteiger partial charge in [-0.3, -0.25) is 0 Å². The quantitative estimate of drug-likeness (QED) is 0.318. The van der Waals surface area contributed by atoms with Gasteiger partial charge in [0.2, 0.25) is 0 Å². The van der Waals surface area contributed by atoms with Gasteiger partial charge >= 0.3 is 5.97 Å². The Hall–Kier alpha value is -2.07. The van der Waals surface area contributed by atoms with Crippen molar-refractivity contribution >= 4 is 11.7 Å². The first-order valence-corrected chi connectivity index (χ1v) is 3.96. The van der Waals surface area contributed by atoms with Gasteiger partial charge in [0.1, 0.15) is 0 Å². The number of nitrogens with zero attached hydrogens (tertiary/aromatic N) is 4. The highest BCUT2D eigenvalue weighted by atomic mass is 16.5. The lowest BCUT2D eigenvalue weighted by Gasteiger charge is -2.02. The summed E-state index contributed by atoms with van der Waals surface area (Å²) in [4.78, 5) is 17.6. The Bertz CT molecular complexity index is 385. The highest BCUT2D eigenvalue weighted by Crippen LogP contribution is 2.16. The van der Waals surface area contributed by atoms with Gasteiger partial charge in [-0.2, -0.15) is 0 Å². The average molecular weight is 192 g/mol. The van der Waals surface area contributed by atoms with Gasteiger partial charge in [-0.05, 0) is 24.6 Å². The normalized spacial score (nSPS) is 8.93. The summed E-state index contributed by atoms with van der Waals surface area (Å²) in [5, 5.41) is 3.33. The molecular weight excluding hydrogens is 184 g/mol. The minimum Gasteiger partial charge on any atom is -0.461 e. The third kappa shape index (κ3) is 2.21. The van der Waals surface area contributed by atoms with Crippen LogP contribution in [-0.4, -0.2) is 17.6 Å². The van der Waals surface area contributed by atoms with Gasteiger partial charge in [0, 0.05) is 11.1 Å². The Labute approximate surface area is 80.2 Å². The smallest absolute Gasteiger partial charge is 0.357 e. The number of pyridine rings is 1. The lowest BCUT2D eigenvalue weighted by atomic mass is 10.3. The number of carbonyl (C=O) groups excluding carboxylic acids is 1. The third-order valence-corrected chi connectivity index (χ3v) is 1.41. The van der Waals surface area contributed by atoms with Crippen LogP contribution in [0.25, 0.3) is 10.4 Å². The van der Waals surface area contributed by atoms with Crippen LogP contribution >= 0.6 is 0 Å². The van der Waals surface area contributed by atoms with Gasteiger partial charge in [-0.25, -0.2) is 9.78 Å². The number of esters is 1. The largest absolute Gasteiger partial charge is 0.461 e. The van der Waals surface area contributed by atoms with Crippen molar-refractivity contribution in [1.29, 1.82) is 0 Å². The van der Waals surface area contributed by atoms with Crippen molar-refractivity contribution in [3.8, 4) is 0 Å². The molecule has 1 aromatic rings. The third-order valence-electron chi connectivity index (χ3n) is 1.41. The highest BCUT2D eigenvalue weighted by molar-refractivity contribution is 5.92. The summed E-state index contributed by atoms with van der Waals surface area (Å²) in [5.74, 6) is -0.587. The standard InChI is InChI=1S/C8H8N4O2/c1-2-14-8(13)7-6(11-12-9)4-3-5-10-7/h3-5H,2H2,1H3. The molecule has 14 heavy (non-hydrogen) atoms. The van der Waals surface area contributed by atoms with E-state index in [-0.39, 0.29) is 18.0 Å². The van der Waals surface area contributed by atoms with E-state index in [1.54, 1.807) is 13.0 Å². The second-order valence-corrected chi connectivity index (χ2v) is 2.28. The summed E-state index contributed by atoms with van der Waals surface area (Å²) < 4.78 is 4.73. The Kier molecular flexibility index (Phi) is 3.46. The van der Waals surface area contributed by atoms with E-state index in [1.807, 2.05) is 0 Å². The zero-order valence-corrected chi connectivity index (χ0v) is 7.54. The van der Waals surface area contributed by atoms with Crippen LogP contribution in [-0.2, 0) is 4.74 Å². The zero-order valence-electron chi connectivity index (χ0n) is 7.54. The molecule has 72 valence electrons. The Morgan fingerprint density at radius 3 is 3.21 bits per heavy atom. The molecule has 0 bridgehead atoms. The first-order valence-electron chi connectivity index (χ1n) is 3.96. The fourth-order valence-electron chi connectivity index (χ4n) is 0.882. The van der Waals surface area contributed by atoms with Crippen LogP contribution in [0, 0.1) is 0 Å². The molecule has 1 aromatic heterocycles. The maximum absolute atomic E-state index is 11.3. The monoisotopic (exact) mass is 192 g/mol. The molecule has 0 atom stereocenters. The fraction of sp³-hybridized carbons (Fsp3) is 0.250. The summed E-state index contributed by atoms with van der Waals surface area (Å²) in [7, 11) is 0. The van der Waals surface area contributed by atoms with E-state index in [0.29, 0.717) is 0 Å². The number of hydrogen-bond acceptors (Lipinski definition) is 4. The molecule has 1 heterocycles. The number of hydrogen-bond donors (Lipinski definition) is 0. The zero-order chi connectivity index (χ0) is 10.4. The van der Waals surface area contributed by atoms with E-state index in [9.17, 15) is 4.79 Å². The van der Waals surface area contributed by atoms with E-state index >= 15 is 0 Å². The van der Waals surface area contributed by atoms with Crippen LogP contribution in [0.3, 0.4) is 0 Å². The molecule has 0 unspecified atom stereocenters. The van der Waals surface area contributed by atoms with Crippen molar-refractivity contribution in [2.24, 2.45) is 5.11 Å². The molecule has 0 saturated carbocycles. The number of ether oxygens (including phenoxy) is 1. The molecule has 0 aliphatic heterocycles. The first-order chi connectivity index (χ1) is 6.79. The topological polar surface area (TPSA) is 88.0 Å². The van der Waals surface area contributed by atoms with Crippen LogP contribution < -0.4 is 0 Å². The van der Waals surface area contributed by atoms with Crippen LogP contribution in [0.5, 0.6) is 0 Å². The minimum absolute atomic E-state index is 0.0344. The summed E-state index contributed by atoms with van der Waals surface area (Å²) in [6.07, 6.45) is 1.43. The second-order valence-electron chi connectivity index (χ2n) is 2.28.